The molecule has 1 radical (unpaired) electrons. The molecule has 0 unspecified atom stereocenters. The van der Waals surface area contributed by atoms with Crippen LogP contribution in [0, 0.1) is 6.07 Å². The van der Waals surface area contributed by atoms with Crippen LogP contribution in [0.15, 0.2) is 18.2 Å². The van der Waals surface area contributed by atoms with Crippen molar-refractivity contribution in [3.63, 3.8) is 0 Å². The van der Waals surface area contributed by atoms with Crippen molar-refractivity contribution in [2.24, 2.45) is 0 Å². The van der Waals surface area contributed by atoms with Crippen molar-refractivity contribution in [3.05, 3.63) is 24.3 Å². The molecule has 3 nitrogen and oxygen atoms in total. The van der Waals surface area contributed by atoms with Crippen molar-refractivity contribution < 1.29 is 5.11 Å². The molecule has 49 valence electrons. The first-order valence-electron chi connectivity index (χ1n) is 2.91. The number of hydrogen-bond acceptors (Lipinski definition) is 2. The second-order valence-corrected chi connectivity index (χ2v) is 2.02. The van der Waals surface area contributed by atoms with Gasteiger partial charge in [0.1, 0.15) is 0 Å². The topological polar surface area (TPSA) is 48.9 Å². The first kappa shape index (κ1) is 5.29. The lowest BCUT2D eigenvalue weighted by Gasteiger charge is -1.83. The van der Waals surface area contributed by atoms with E-state index in [1.54, 1.807) is 12.1 Å². The quantitative estimate of drug-likeness (QED) is 0.564. The predicted octanol–water partition coefficient (Wildman–Crippen LogP) is 1.07. The van der Waals surface area contributed by atoms with Gasteiger partial charge in [-0.05, 0) is 18.2 Å². The molecule has 0 fully saturated rings. The Bertz CT molecular complexity index is 353. The Morgan fingerprint density at radius 1 is 1.60 bits per heavy atom. The van der Waals surface area contributed by atoms with E-state index in [9.17, 15) is 0 Å². The fourth-order valence-corrected chi connectivity index (χ4v) is 0.886. The zero-order valence-electron chi connectivity index (χ0n) is 5.13. The molecular formula is C7H5N2O. The van der Waals surface area contributed by atoms with Crippen LogP contribution < -0.4 is 0 Å². The van der Waals surface area contributed by atoms with Crippen LogP contribution in [0.4, 0.5) is 0 Å². The number of benzene rings is 1. The Hall–Kier alpha value is -1.51. The number of nitrogens with zero attached hydrogens (tertiary/aromatic N) is 1. The van der Waals surface area contributed by atoms with Gasteiger partial charge in [0.15, 0.2) is 0 Å². The highest BCUT2D eigenvalue weighted by molar-refractivity contribution is 5.83. The first-order chi connectivity index (χ1) is 4.88. The molecule has 0 saturated carbocycles. The number of aromatic hydroxyl groups is 1. The Morgan fingerprint density at radius 3 is 3.30 bits per heavy atom. The van der Waals surface area contributed by atoms with E-state index >= 15 is 0 Å². The largest absolute Gasteiger partial charge is 0.492 e. The lowest BCUT2D eigenvalue weighted by molar-refractivity contribution is 0.457. The van der Waals surface area contributed by atoms with Crippen LogP contribution >= 0.6 is 0 Å². The highest BCUT2D eigenvalue weighted by Gasteiger charge is 1.99. The summed E-state index contributed by atoms with van der Waals surface area (Å²) in [6.07, 6.45) is 0. The van der Waals surface area contributed by atoms with Gasteiger partial charge in [-0.2, -0.15) is 0 Å². The minimum atomic E-state index is 0.0341. The van der Waals surface area contributed by atoms with E-state index in [0.29, 0.717) is 5.39 Å². The fourth-order valence-electron chi connectivity index (χ4n) is 0.886. The SMILES string of the molecule is Oc1n[nH]c2cc[c]cc12. The zero-order chi connectivity index (χ0) is 6.97. The zero-order valence-corrected chi connectivity index (χ0v) is 5.13. The fraction of sp³-hybridized carbons (Fsp3) is 0. The van der Waals surface area contributed by atoms with Crippen LogP contribution in [0.25, 0.3) is 10.9 Å². The van der Waals surface area contributed by atoms with Gasteiger partial charge in [-0.3, -0.25) is 5.10 Å². The third-order valence-corrected chi connectivity index (χ3v) is 1.39. The summed E-state index contributed by atoms with van der Waals surface area (Å²) < 4.78 is 0. The maximum atomic E-state index is 9.05. The van der Waals surface area contributed by atoms with Crippen molar-refractivity contribution in [3.8, 4) is 5.88 Å². The second-order valence-electron chi connectivity index (χ2n) is 2.02. The number of H-pyrrole nitrogens is 1. The van der Waals surface area contributed by atoms with Gasteiger partial charge in [0.25, 0.3) is 0 Å². The summed E-state index contributed by atoms with van der Waals surface area (Å²) in [5.41, 5.74) is 0.830. The average molecular weight is 133 g/mol. The van der Waals surface area contributed by atoms with Gasteiger partial charge in [0.2, 0.25) is 5.88 Å². The summed E-state index contributed by atoms with van der Waals surface area (Å²) >= 11 is 0. The first-order valence-corrected chi connectivity index (χ1v) is 2.91. The molecule has 0 saturated heterocycles. The van der Waals surface area contributed by atoms with Crippen LogP contribution in [0.3, 0.4) is 0 Å². The van der Waals surface area contributed by atoms with E-state index in [4.69, 9.17) is 5.11 Å². The van der Waals surface area contributed by atoms with Crippen molar-refractivity contribution in [2.75, 3.05) is 0 Å². The molecule has 0 amide bonds. The number of aromatic nitrogens is 2. The van der Waals surface area contributed by atoms with Gasteiger partial charge >= 0.3 is 0 Å². The Labute approximate surface area is 57.3 Å². The molecule has 0 aliphatic carbocycles. The number of nitrogens with one attached hydrogen (secondary N) is 1. The summed E-state index contributed by atoms with van der Waals surface area (Å²) in [5.74, 6) is 0.0341. The van der Waals surface area contributed by atoms with Crippen molar-refractivity contribution in [1.29, 1.82) is 0 Å². The normalized spacial score (nSPS) is 10.4. The molecule has 3 heteroatoms. The second kappa shape index (κ2) is 1.73. The van der Waals surface area contributed by atoms with E-state index in [0.717, 1.165) is 5.52 Å². The highest BCUT2D eigenvalue weighted by Crippen LogP contribution is 2.18. The Morgan fingerprint density at radius 2 is 2.50 bits per heavy atom. The van der Waals surface area contributed by atoms with Gasteiger partial charge in [0.05, 0.1) is 10.9 Å². The minimum absolute atomic E-state index is 0.0341. The summed E-state index contributed by atoms with van der Waals surface area (Å²) in [6, 6.07) is 8.10. The average Bonchev–Trinajstić information content (AvgIpc) is 2.34. The molecule has 2 aromatic rings. The van der Waals surface area contributed by atoms with Crippen LogP contribution in [0.1, 0.15) is 0 Å². The molecule has 0 aliphatic heterocycles. The number of fused-ring (bicyclic) bond motifs is 1. The van der Waals surface area contributed by atoms with Crippen LogP contribution in [0.2, 0.25) is 0 Å². The predicted molar refractivity (Wildman–Crippen MR) is 36.6 cm³/mol. The van der Waals surface area contributed by atoms with Crippen LogP contribution in [-0.2, 0) is 0 Å². The molecule has 2 N–H and O–H groups in total. The summed E-state index contributed by atoms with van der Waals surface area (Å²) in [4.78, 5) is 0. The van der Waals surface area contributed by atoms with E-state index in [1.807, 2.05) is 6.07 Å². The van der Waals surface area contributed by atoms with E-state index < -0.39 is 0 Å². The monoisotopic (exact) mass is 133 g/mol. The summed E-state index contributed by atoms with van der Waals surface area (Å²) in [6.45, 7) is 0. The maximum Gasteiger partial charge on any atom is 0.238 e. The summed E-state index contributed by atoms with van der Waals surface area (Å²) in [7, 11) is 0. The van der Waals surface area contributed by atoms with Gasteiger partial charge < -0.3 is 5.11 Å². The Balaban J connectivity index is 2.93. The summed E-state index contributed by atoms with van der Waals surface area (Å²) in [5, 5.41) is 16.0. The van der Waals surface area contributed by atoms with Gasteiger partial charge in [-0.1, -0.05) is 6.07 Å². The third-order valence-electron chi connectivity index (χ3n) is 1.39. The molecule has 2 rings (SSSR count). The molecule has 0 bridgehead atoms. The molecule has 0 atom stereocenters. The lowest BCUT2D eigenvalue weighted by atomic mass is 10.2. The third kappa shape index (κ3) is 0.572. The lowest BCUT2D eigenvalue weighted by Crippen LogP contribution is -1.64. The highest BCUT2D eigenvalue weighted by atomic mass is 16.3. The van der Waals surface area contributed by atoms with Crippen LogP contribution in [0.5, 0.6) is 5.88 Å². The van der Waals surface area contributed by atoms with Gasteiger partial charge in [0, 0.05) is 0 Å². The number of hydrogen-bond donors (Lipinski definition) is 2. The van der Waals surface area contributed by atoms with Crippen molar-refractivity contribution in [2.45, 2.75) is 0 Å². The van der Waals surface area contributed by atoms with Crippen molar-refractivity contribution >= 4 is 10.9 Å². The molecule has 1 aromatic heterocycles. The van der Waals surface area contributed by atoms with E-state index in [1.165, 1.54) is 0 Å². The standard InChI is InChI=1S/C7H5N2O/c10-7-5-3-1-2-4-6(5)8-9-7/h2-4H,(H2,8,9,10). The molecule has 0 spiro atoms. The number of rotatable bonds is 0. The van der Waals surface area contributed by atoms with Crippen LogP contribution in [-0.4, -0.2) is 15.3 Å². The van der Waals surface area contributed by atoms with Gasteiger partial charge in [-0.15, -0.1) is 5.10 Å². The maximum absolute atomic E-state index is 9.05. The molecule has 1 heterocycles. The van der Waals surface area contributed by atoms with Gasteiger partial charge in [-0.25, -0.2) is 0 Å². The minimum Gasteiger partial charge on any atom is -0.492 e. The van der Waals surface area contributed by atoms with Crippen molar-refractivity contribution in [1.82, 2.24) is 10.2 Å². The Kier molecular flexibility index (Phi) is 0.917. The molecule has 10 heavy (non-hydrogen) atoms. The molecule has 0 aliphatic rings. The van der Waals surface area contributed by atoms with E-state index in [2.05, 4.69) is 16.3 Å². The number of aromatic amines is 1. The molecular weight excluding hydrogens is 128 g/mol. The smallest absolute Gasteiger partial charge is 0.238 e. The van der Waals surface area contributed by atoms with E-state index in [-0.39, 0.29) is 5.88 Å². The molecule has 1 aromatic carbocycles.